The van der Waals surface area contributed by atoms with Crippen LogP contribution in [0.1, 0.15) is 38.0 Å². The van der Waals surface area contributed by atoms with E-state index in [9.17, 15) is 4.79 Å². The van der Waals surface area contributed by atoms with Crippen molar-refractivity contribution in [3.8, 4) is 5.75 Å². The van der Waals surface area contributed by atoms with E-state index in [1.54, 1.807) is 12.0 Å². The predicted octanol–water partition coefficient (Wildman–Crippen LogP) is 2.63. The van der Waals surface area contributed by atoms with Gasteiger partial charge in [0.25, 0.3) is 0 Å². The van der Waals surface area contributed by atoms with E-state index in [2.05, 4.69) is 14.8 Å². The third-order valence-corrected chi connectivity index (χ3v) is 4.02. The number of nitrogens with zero attached hydrogens (tertiary/aromatic N) is 4. The summed E-state index contributed by atoms with van der Waals surface area (Å²) in [7, 11) is 1.66. The summed E-state index contributed by atoms with van der Waals surface area (Å²) in [5, 5.41) is 8.58. The Morgan fingerprint density at radius 2 is 1.96 bits per heavy atom. The van der Waals surface area contributed by atoms with Crippen LogP contribution in [0.15, 0.2) is 24.3 Å². The minimum atomic E-state index is -0.503. The summed E-state index contributed by atoms with van der Waals surface area (Å²) in [5.41, 5.74) is 0.562. The van der Waals surface area contributed by atoms with Crippen LogP contribution in [-0.2, 0) is 24.2 Å². The Morgan fingerprint density at radius 3 is 2.68 bits per heavy atom. The molecule has 1 amide bonds. The molecule has 134 valence electrons. The molecule has 2 aromatic rings. The lowest BCUT2D eigenvalue weighted by molar-refractivity contribution is 0.0194. The van der Waals surface area contributed by atoms with E-state index in [0.29, 0.717) is 26.1 Å². The lowest BCUT2D eigenvalue weighted by Crippen LogP contribution is -2.41. The zero-order valence-electron chi connectivity index (χ0n) is 15.2. The average Bonchev–Trinajstić information content (AvgIpc) is 2.96. The van der Waals surface area contributed by atoms with Gasteiger partial charge in [0, 0.05) is 25.1 Å². The molecule has 0 bridgehead atoms. The summed E-state index contributed by atoms with van der Waals surface area (Å²) in [6, 6.07) is 7.89. The molecule has 7 nitrogen and oxygen atoms in total. The molecule has 25 heavy (non-hydrogen) atoms. The third kappa shape index (κ3) is 3.92. The van der Waals surface area contributed by atoms with E-state index in [0.717, 1.165) is 23.0 Å². The number of aromatic nitrogens is 3. The Hall–Kier alpha value is -2.57. The number of benzene rings is 1. The highest BCUT2D eigenvalue weighted by molar-refractivity contribution is 5.68. The summed E-state index contributed by atoms with van der Waals surface area (Å²) >= 11 is 0. The second-order valence-electron chi connectivity index (χ2n) is 7.07. The van der Waals surface area contributed by atoms with Crippen molar-refractivity contribution in [2.45, 2.75) is 45.9 Å². The van der Waals surface area contributed by atoms with Gasteiger partial charge in [0.2, 0.25) is 0 Å². The minimum absolute atomic E-state index is 0.312. The minimum Gasteiger partial charge on any atom is -0.496 e. The van der Waals surface area contributed by atoms with Crippen LogP contribution >= 0.6 is 0 Å². The number of amides is 1. The van der Waals surface area contributed by atoms with Crippen molar-refractivity contribution in [2.75, 3.05) is 13.7 Å². The topological polar surface area (TPSA) is 69.5 Å². The van der Waals surface area contributed by atoms with Gasteiger partial charge in [-0.3, -0.25) is 4.90 Å². The molecule has 0 aliphatic carbocycles. The molecule has 1 aromatic carbocycles. The normalized spacial score (nSPS) is 14.2. The van der Waals surface area contributed by atoms with Crippen molar-refractivity contribution < 1.29 is 14.3 Å². The molecule has 3 rings (SSSR count). The zero-order valence-corrected chi connectivity index (χ0v) is 15.2. The highest BCUT2D eigenvalue weighted by Gasteiger charge is 2.28. The zero-order chi connectivity index (χ0) is 18.0. The number of carbonyl (C=O) groups is 1. The molecule has 1 aliphatic rings. The molecule has 0 atom stereocenters. The second-order valence-corrected chi connectivity index (χ2v) is 7.07. The first-order chi connectivity index (χ1) is 11.9. The van der Waals surface area contributed by atoms with E-state index >= 15 is 0 Å². The van der Waals surface area contributed by atoms with Gasteiger partial charge < -0.3 is 14.0 Å². The predicted molar refractivity (Wildman–Crippen MR) is 92.5 cm³/mol. The van der Waals surface area contributed by atoms with Gasteiger partial charge in [-0.15, -0.1) is 10.2 Å². The highest BCUT2D eigenvalue weighted by atomic mass is 16.6. The fourth-order valence-corrected chi connectivity index (χ4v) is 2.85. The van der Waals surface area contributed by atoms with Gasteiger partial charge in [-0.05, 0) is 26.8 Å². The van der Waals surface area contributed by atoms with Crippen LogP contribution in [0, 0.1) is 0 Å². The molecule has 0 unspecified atom stereocenters. The highest BCUT2D eigenvalue weighted by Crippen LogP contribution is 2.22. The number of ether oxygens (including phenoxy) is 2. The van der Waals surface area contributed by atoms with Gasteiger partial charge in [0.1, 0.15) is 17.2 Å². The van der Waals surface area contributed by atoms with E-state index in [1.165, 1.54) is 0 Å². The van der Waals surface area contributed by atoms with Crippen molar-refractivity contribution in [3.05, 3.63) is 41.5 Å². The van der Waals surface area contributed by atoms with Gasteiger partial charge in [0.05, 0.1) is 13.7 Å². The molecule has 2 heterocycles. The molecule has 0 radical (unpaired) electrons. The molecule has 0 fully saturated rings. The Morgan fingerprint density at radius 1 is 1.20 bits per heavy atom. The Bertz CT molecular complexity index is 764. The summed E-state index contributed by atoms with van der Waals surface area (Å²) in [6.07, 6.45) is 0.330. The molecule has 0 spiro atoms. The third-order valence-electron chi connectivity index (χ3n) is 4.02. The van der Waals surface area contributed by atoms with E-state index in [-0.39, 0.29) is 6.09 Å². The maximum Gasteiger partial charge on any atom is 0.410 e. The lowest BCUT2D eigenvalue weighted by atomic mass is 10.1. The van der Waals surface area contributed by atoms with Crippen LogP contribution in [0.4, 0.5) is 4.79 Å². The van der Waals surface area contributed by atoms with Crippen molar-refractivity contribution in [2.24, 2.45) is 0 Å². The van der Waals surface area contributed by atoms with E-state index in [4.69, 9.17) is 9.47 Å². The fraction of sp³-hybridized carbons (Fsp3) is 0.500. The number of para-hydroxylation sites is 1. The Labute approximate surface area is 147 Å². The molecule has 1 aromatic heterocycles. The van der Waals surface area contributed by atoms with Crippen LogP contribution in [0.5, 0.6) is 5.75 Å². The second kappa shape index (κ2) is 6.74. The summed E-state index contributed by atoms with van der Waals surface area (Å²) < 4.78 is 12.9. The number of carbonyl (C=O) groups excluding carboxylic acids is 1. The molecular weight excluding hydrogens is 320 g/mol. The number of methoxy groups -OCH3 is 1. The first-order valence-corrected chi connectivity index (χ1v) is 8.38. The summed E-state index contributed by atoms with van der Waals surface area (Å²) in [5.74, 6) is 2.50. The largest absolute Gasteiger partial charge is 0.496 e. The van der Waals surface area contributed by atoms with Crippen LogP contribution in [-0.4, -0.2) is 45.0 Å². The van der Waals surface area contributed by atoms with E-state index < -0.39 is 5.60 Å². The van der Waals surface area contributed by atoms with Crippen LogP contribution in [0.25, 0.3) is 0 Å². The number of fused-ring (bicyclic) bond motifs is 1. The number of hydrogen-bond acceptors (Lipinski definition) is 5. The average molecular weight is 344 g/mol. The molecule has 0 saturated heterocycles. The molecule has 7 heteroatoms. The number of hydrogen-bond donors (Lipinski definition) is 0. The SMILES string of the molecule is COc1ccccc1Cc1nnc2n1CCN(C(=O)OC(C)(C)C)C2. The van der Waals surface area contributed by atoms with Crippen molar-refractivity contribution >= 4 is 6.09 Å². The first kappa shape index (κ1) is 17.3. The van der Waals surface area contributed by atoms with Crippen molar-refractivity contribution in [3.63, 3.8) is 0 Å². The van der Waals surface area contributed by atoms with Gasteiger partial charge >= 0.3 is 6.09 Å². The summed E-state index contributed by atoms with van der Waals surface area (Å²) in [6.45, 7) is 7.24. The van der Waals surface area contributed by atoms with Gasteiger partial charge in [0.15, 0.2) is 5.82 Å². The van der Waals surface area contributed by atoms with Gasteiger partial charge in [-0.2, -0.15) is 0 Å². The molecule has 0 saturated carbocycles. The quantitative estimate of drug-likeness (QED) is 0.856. The number of rotatable bonds is 3. The maximum atomic E-state index is 12.2. The van der Waals surface area contributed by atoms with E-state index in [1.807, 2.05) is 45.0 Å². The van der Waals surface area contributed by atoms with Crippen LogP contribution in [0.3, 0.4) is 0 Å². The fourth-order valence-electron chi connectivity index (χ4n) is 2.85. The van der Waals surface area contributed by atoms with Gasteiger partial charge in [-0.1, -0.05) is 18.2 Å². The van der Waals surface area contributed by atoms with Gasteiger partial charge in [-0.25, -0.2) is 4.79 Å². The molecule has 1 aliphatic heterocycles. The molecule has 0 N–H and O–H groups in total. The van der Waals surface area contributed by atoms with Crippen LogP contribution in [0.2, 0.25) is 0 Å². The maximum absolute atomic E-state index is 12.2. The van der Waals surface area contributed by atoms with Crippen molar-refractivity contribution in [1.82, 2.24) is 19.7 Å². The standard InChI is InChI=1S/C18H24N4O3/c1-18(2,3)25-17(23)21-9-10-22-15(19-20-16(22)12-21)11-13-7-5-6-8-14(13)24-4/h5-8H,9-12H2,1-4H3. The van der Waals surface area contributed by atoms with Crippen molar-refractivity contribution in [1.29, 1.82) is 0 Å². The smallest absolute Gasteiger partial charge is 0.410 e. The first-order valence-electron chi connectivity index (χ1n) is 8.38. The Balaban J connectivity index is 1.74. The molecular formula is C18H24N4O3. The summed E-state index contributed by atoms with van der Waals surface area (Å²) in [4.78, 5) is 13.9. The monoisotopic (exact) mass is 344 g/mol. The lowest BCUT2D eigenvalue weighted by Gasteiger charge is -2.30. The Kier molecular flexibility index (Phi) is 4.65. The van der Waals surface area contributed by atoms with Crippen LogP contribution < -0.4 is 4.74 Å².